The fourth-order valence-electron chi connectivity index (χ4n) is 3.32. The van der Waals surface area contributed by atoms with Crippen molar-refractivity contribution < 1.29 is 9.53 Å². The Kier molecular flexibility index (Phi) is 5.51. The van der Waals surface area contributed by atoms with Gasteiger partial charge in [0.05, 0.1) is 13.2 Å². The zero-order valence-electron chi connectivity index (χ0n) is 14.0. The first-order chi connectivity index (χ1) is 11.2. The number of fused-ring (bicyclic) bond motifs is 1. The first-order valence-electron chi connectivity index (χ1n) is 8.61. The third kappa shape index (κ3) is 4.45. The number of likely N-dealkylation sites (N-methyl/N-ethyl adjacent to an activating group) is 1. The summed E-state index contributed by atoms with van der Waals surface area (Å²) in [6.45, 7) is 5.22. The standard InChI is InChI=1S/C18H27N3O2/c1-20(8-9-21-10-12-23-13-11-21)18(22)19-17-7-6-15-4-2-3-5-16(15)14-17/h2-5,17H,6-14H2,1H3,(H,19,22). The molecule has 1 aromatic carbocycles. The topological polar surface area (TPSA) is 44.8 Å². The molecular weight excluding hydrogens is 290 g/mol. The van der Waals surface area contributed by atoms with Crippen LogP contribution < -0.4 is 5.32 Å². The summed E-state index contributed by atoms with van der Waals surface area (Å²) in [6.07, 6.45) is 3.03. The minimum atomic E-state index is 0.0441. The van der Waals surface area contributed by atoms with Crippen molar-refractivity contribution in [2.45, 2.75) is 25.3 Å². The molecule has 1 unspecified atom stereocenters. The normalized spacial score (nSPS) is 21.5. The van der Waals surface area contributed by atoms with Crippen LogP contribution in [0, 0.1) is 0 Å². The van der Waals surface area contributed by atoms with Gasteiger partial charge >= 0.3 is 6.03 Å². The molecule has 0 bridgehead atoms. The average molecular weight is 317 g/mol. The molecule has 0 saturated carbocycles. The van der Waals surface area contributed by atoms with E-state index in [1.54, 1.807) is 4.90 Å². The van der Waals surface area contributed by atoms with Crippen LogP contribution in [0.2, 0.25) is 0 Å². The Balaban J connectivity index is 1.43. The van der Waals surface area contributed by atoms with Gasteiger partial charge in [-0.1, -0.05) is 24.3 Å². The van der Waals surface area contributed by atoms with E-state index in [1.165, 1.54) is 11.1 Å². The lowest BCUT2D eigenvalue weighted by Gasteiger charge is -2.30. The number of aryl methyl sites for hydroxylation is 1. The molecule has 1 N–H and O–H groups in total. The number of carbonyl (C=O) groups is 1. The second-order valence-corrected chi connectivity index (χ2v) is 6.53. The molecule has 1 fully saturated rings. The molecule has 1 aliphatic heterocycles. The fourth-order valence-corrected chi connectivity index (χ4v) is 3.32. The van der Waals surface area contributed by atoms with E-state index in [0.717, 1.165) is 58.7 Å². The van der Waals surface area contributed by atoms with Gasteiger partial charge in [-0.3, -0.25) is 4.90 Å². The maximum atomic E-state index is 12.4. The quantitative estimate of drug-likeness (QED) is 0.916. The molecule has 3 rings (SSSR count). The van der Waals surface area contributed by atoms with Crippen molar-refractivity contribution >= 4 is 6.03 Å². The second-order valence-electron chi connectivity index (χ2n) is 6.53. The number of nitrogens with one attached hydrogen (secondary N) is 1. The van der Waals surface area contributed by atoms with E-state index in [2.05, 4.69) is 34.5 Å². The Morgan fingerprint density at radius 2 is 2.04 bits per heavy atom. The fraction of sp³-hybridized carbons (Fsp3) is 0.611. The maximum Gasteiger partial charge on any atom is 0.317 e. The van der Waals surface area contributed by atoms with Gasteiger partial charge < -0.3 is 15.0 Å². The van der Waals surface area contributed by atoms with Crippen LogP contribution in [0.4, 0.5) is 4.79 Å². The highest BCUT2D eigenvalue weighted by molar-refractivity contribution is 5.74. The van der Waals surface area contributed by atoms with Gasteiger partial charge in [0.15, 0.2) is 0 Å². The minimum Gasteiger partial charge on any atom is -0.379 e. The summed E-state index contributed by atoms with van der Waals surface area (Å²) < 4.78 is 5.35. The van der Waals surface area contributed by atoms with Crippen LogP contribution in [-0.4, -0.2) is 68.3 Å². The molecular formula is C18H27N3O2. The SMILES string of the molecule is CN(CCN1CCOCC1)C(=O)NC1CCc2ccccc2C1. The summed E-state index contributed by atoms with van der Waals surface area (Å²) in [7, 11) is 1.88. The molecule has 1 heterocycles. The lowest BCUT2D eigenvalue weighted by Crippen LogP contribution is -2.48. The summed E-state index contributed by atoms with van der Waals surface area (Å²) in [5, 5.41) is 3.19. The van der Waals surface area contributed by atoms with Gasteiger partial charge in [-0.25, -0.2) is 4.79 Å². The van der Waals surface area contributed by atoms with Crippen molar-refractivity contribution in [2.24, 2.45) is 0 Å². The van der Waals surface area contributed by atoms with Crippen molar-refractivity contribution in [1.82, 2.24) is 15.1 Å². The molecule has 1 aromatic rings. The molecule has 0 spiro atoms. The Morgan fingerprint density at radius 3 is 2.83 bits per heavy atom. The second kappa shape index (κ2) is 7.79. The highest BCUT2D eigenvalue weighted by Crippen LogP contribution is 2.21. The summed E-state index contributed by atoms with van der Waals surface area (Å²) in [5.74, 6) is 0. The van der Waals surface area contributed by atoms with Gasteiger partial charge in [0.25, 0.3) is 0 Å². The van der Waals surface area contributed by atoms with Crippen LogP contribution in [0.15, 0.2) is 24.3 Å². The number of benzene rings is 1. The predicted octanol–water partition coefficient (Wildman–Crippen LogP) is 1.52. The van der Waals surface area contributed by atoms with Gasteiger partial charge in [0.2, 0.25) is 0 Å². The molecule has 126 valence electrons. The van der Waals surface area contributed by atoms with E-state index in [0.29, 0.717) is 0 Å². The van der Waals surface area contributed by atoms with E-state index < -0.39 is 0 Å². The van der Waals surface area contributed by atoms with Crippen molar-refractivity contribution in [1.29, 1.82) is 0 Å². The number of amides is 2. The largest absolute Gasteiger partial charge is 0.379 e. The number of carbonyl (C=O) groups excluding carboxylic acids is 1. The molecule has 5 heteroatoms. The van der Waals surface area contributed by atoms with Crippen LogP contribution in [0.25, 0.3) is 0 Å². The first-order valence-corrected chi connectivity index (χ1v) is 8.61. The highest BCUT2D eigenvalue weighted by Gasteiger charge is 2.21. The van der Waals surface area contributed by atoms with Crippen LogP contribution in [-0.2, 0) is 17.6 Å². The number of ether oxygens (including phenoxy) is 1. The van der Waals surface area contributed by atoms with Crippen LogP contribution in [0.5, 0.6) is 0 Å². The molecule has 0 radical (unpaired) electrons. The van der Waals surface area contributed by atoms with Gasteiger partial charge in [0.1, 0.15) is 0 Å². The first kappa shape index (κ1) is 16.3. The number of morpholine rings is 1. The number of urea groups is 1. The Labute approximate surface area is 138 Å². The van der Waals surface area contributed by atoms with E-state index >= 15 is 0 Å². The van der Waals surface area contributed by atoms with Crippen LogP contribution in [0.1, 0.15) is 17.5 Å². The predicted molar refractivity (Wildman–Crippen MR) is 90.7 cm³/mol. The number of nitrogens with zero attached hydrogens (tertiary/aromatic N) is 2. The van der Waals surface area contributed by atoms with E-state index in [-0.39, 0.29) is 12.1 Å². The molecule has 23 heavy (non-hydrogen) atoms. The van der Waals surface area contributed by atoms with Gasteiger partial charge in [0, 0.05) is 39.3 Å². The highest BCUT2D eigenvalue weighted by atomic mass is 16.5. The van der Waals surface area contributed by atoms with Crippen molar-refractivity contribution in [2.75, 3.05) is 46.4 Å². The van der Waals surface area contributed by atoms with E-state index in [1.807, 2.05) is 7.05 Å². The van der Waals surface area contributed by atoms with Crippen molar-refractivity contribution in [3.8, 4) is 0 Å². The number of hydrogen-bond donors (Lipinski definition) is 1. The number of rotatable bonds is 4. The monoisotopic (exact) mass is 317 g/mol. The van der Waals surface area contributed by atoms with Crippen molar-refractivity contribution in [3.05, 3.63) is 35.4 Å². The molecule has 1 saturated heterocycles. The summed E-state index contributed by atoms with van der Waals surface area (Å²) in [5.41, 5.74) is 2.80. The molecule has 1 atom stereocenters. The third-order valence-corrected chi connectivity index (χ3v) is 4.88. The van der Waals surface area contributed by atoms with Crippen LogP contribution >= 0.6 is 0 Å². The Hall–Kier alpha value is -1.59. The molecule has 1 aliphatic carbocycles. The maximum absolute atomic E-state index is 12.4. The van der Waals surface area contributed by atoms with E-state index in [9.17, 15) is 4.79 Å². The summed E-state index contributed by atoms with van der Waals surface area (Å²) >= 11 is 0. The summed E-state index contributed by atoms with van der Waals surface area (Å²) in [4.78, 5) is 16.5. The van der Waals surface area contributed by atoms with Gasteiger partial charge in [-0.2, -0.15) is 0 Å². The van der Waals surface area contributed by atoms with Gasteiger partial charge in [-0.05, 0) is 30.4 Å². The third-order valence-electron chi connectivity index (χ3n) is 4.88. The zero-order valence-corrected chi connectivity index (χ0v) is 14.0. The van der Waals surface area contributed by atoms with Gasteiger partial charge in [-0.15, -0.1) is 0 Å². The molecule has 2 aliphatic rings. The smallest absolute Gasteiger partial charge is 0.317 e. The Morgan fingerprint density at radius 1 is 1.30 bits per heavy atom. The lowest BCUT2D eigenvalue weighted by molar-refractivity contribution is 0.0356. The molecule has 2 amide bonds. The molecule has 0 aromatic heterocycles. The minimum absolute atomic E-state index is 0.0441. The lowest BCUT2D eigenvalue weighted by atomic mass is 9.88. The average Bonchev–Trinajstić information content (AvgIpc) is 2.60. The summed E-state index contributed by atoms with van der Waals surface area (Å²) in [6, 6.07) is 8.84. The van der Waals surface area contributed by atoms with E-state index in [4.69, 9.17) is 4.74 Å². The van der Waals surface area contributed by atoms with Crippen molar-refractivity contribution in [3.63, 3.8) is 0 Å². The Bertz CT molecular complexity index is 529. The number of hydrogen-bond acceptors (Lipinski definition) is 3. The molecule has 5 nitrogen and oxygen atoms in total. The zero-order chi connectivity index (χ0) is 16.1. The van der Waals surface area contributed by atoms with Crippen LogP contribution in [0.3, 0.4) is 0 Å².